The second-order valence-corrected chi connectivity index (χ2v) is 6.63. The maximum Gasteiger partial charge on any atom is 0.317 e. The van der Waals surface area contributed by atoms with Crippen LogP contribution in [0.15, 0.2) is 0 Å². The van der Waals surface area contributed by atoms with Crippen molar-refractivity contribution in [1.82, 2.24) is 10.2 Å². The summed E-state index contributed by atoms with van der Waals surface area (Å²) in [6.07, 6.45) is 3.93. The Morgan fingerprint density at radius 2 is 2.15 bits per heavy atom. The van der Waals surface area contributed by atoms with Gasteiger partial charge in [-0.2, -0.15) is 0 Å². The number of carboxylic acid groups (broad SMARTS) is 1. The van der Waals surface area contributed by atoms with E-state index < -0.39 is 11.4 Å². The van der Waals surface area contributed by atoms with E-state index in [0.29, 0.717) is 31.5 Å². The highest BCUT2D eigenvalue weighted by Crippen LogP contribution is 2.39. The molecule has 20 heavy (non-hydrogen) atoms. The van der Waals surface area contributed by atoms with Crippen molar-refractivity contribution in [3.8, 4) is 0 Å². The van der Waals surface area contributed by atoms with Crippen LogP contribution in [0.2, 0.25) is 0 Å². The topological polar surface area (TPSA) is 69.6 Å². The molecule has 2 amide bonds. The van der Waals surface area contributed by atoms with Crippen molar-refractivity contribution >= 4 is 12.0 Å². The molecule has 0 bridgehead atoms. The number of nitrogens with zero attached hydrogens (tertiary/aromatic N) is 1. The van der Waals surface area contributed by atoms with Crippen LogP contribution in [-0.4, -0.2) is 41.1 Å². The van der Waals surface area contributed by atoms with E-state index in [9.17, 15) is 14.7 Å². The van der Waals surface area contributed by atoms with E-state index in [4.69, 9.17) is 0 Å². The zero-order chi connectivity index (χ0) is 14.9. The monoisotopic (exact) mass is 282 g/mol. The number of hydrogen-bond donors (Lipinski definition) is 2. The number of likely N-dealkylation sites (tertiary alicyclic amines) is 1. The molecule has 114 valence electrons. The number of carboxylic acids is 1. The number of carbonyl (C=O) groups is 2. The number of carbonyl (C=O) groups excluding carboxylic acids is 1. The summed E-state index contributed by atoms with van der Waals surface area (Å²) in [7, 11) is 0. The third-order valence-corrected chi connectivity index (χ3v) is 5.01. The normalized spacial score (nSPS) is 32.5. The summed E-state index contributed by atoms with van der Waals surface area (Å²) in [6, 6.07) is 0.221. The molecule has 0 aromatic rings. The van der Waals surface area contributed by atoms with Crippen LogP contribution in [0.3, 0.4) is 0 Å². The lowest BCUT2D eigenvalue weighted by Gasteiger charge is -2.28. The average Bonchev–Trinajstić information content (AvgIpc) is 2.94. The van der Waals surface area contributed by atoms with Gasteiger partial charge < -0.3 is 15.3 Å². The van der Waals surface area contributed by atoms with Crippen molar-refractivity contribution in [2.75, 3.05) is 13.1 Å². The number of hydrogen-bond acceptors (Lipinski definition) is 2. The average molecular weight is 282 g/mol. The van der Waals surface area contributed by atoms with E-state index in [1.165, 1.54) is 0 Å². The van der Waals surface area contributed by atoms with Crippen molar-refractivity contribution in [3.63, 3.8) is 0 Å². The Morgan fingerprint density at radius 3 is 2.65 bits per heavy atom. The van der Waals surface area contributed by atoms with Crippen molar-refractivity contribution in [2.45, 2.75) is 52.5 Å². The minimum Gasteiger partial charge on any atom is -0.481 e. The molecule has 3 atom stereocenters. The number of aliphatic carboxylic acids is 1. The van der Waals surface area contributed by atoms with Gasteiger partial charge in [0.15, 0.2) is 0 Å². The molecule has 1 heterocycles. The van der Waals surface area contributed by atoms with Crippen LogP contribution in [0.25, 0.3) is 0 Å². The standard InChI is InChI=1S/C15H26N2O3/c1-4-5-11-8-12(11)16-14(20)17-7-6-15(9-17,10(2)3)13(18)19/h10-12H,4-9H2,1-3H3,(H,16,20)(H,18,19). The first kappa shape index (κ1) is 15.1. The second-order valence-electron chi connectivity index (χ2n) is 6.63. The predicted molar refractivity (Wildman–Crippen MR) is 76.4 cm³/mol. The number of nitrogens with one attached hydrogen (secondary N) is 1. The Bertz CT molecular complexity index is 397. The number of rotatable bonds is 5. The van der Waals surface area contributed by atoms with Crippen molar-refractivity contribution in [3.05, 3.63) is 0 Å². The Kier molecular flexibility index (Phi) is 4.25. The van der Waals surface area contributed by atoms with Crippen LogP contribution in [0.5, 0.6) is 0 Å². The van der Waals surface area contributed by atoms with Gasteiger partial charge in [0.2, 0.25) is 0 Å². The van der Waals surface area contributed by atoms with Crippen molar-refractivity contribution in [2.24, 2.45) is 17.3 Å². The Labute approximate surface area is 120 Å². The zero-order valence-electron chi connectivity index (χ0n) is 12.7. The molecule has 1 aliphatic heterocycles. The van der Waals surface area contributed by atoms with Crippen LogP contribution < -0.4 is 5.32 Å². The lowest BCUT2D eigenvalue weighted by Crippen LogP contribution is -2.44. The fraction of sp³-hybridized carbons (Fsp3) is 0.867. The molecule has 2 aliphatic rings. The molecule has 0 spiro atoms. The van der Waals surface area contributed by atoms with Crippen molar-refractivity contribution in [1.29, 1.82) is 0 Å². The van der Waals surface area contributed by atoms with Crippen molar-refractivity contribution < 1.29 is 14.7 Å². The van der Waals surface area contributed by atoms with Gasteiger partial charge in [0, 0.05) is 19.1 Å². The van der Waals surface area contributed by atoms with E-state index in [0.717, 1.165) is 19.3 Å². The third-order valence-electron chi connectivity index (χ3n) is 5.01. The highest BCUT2D eigenvalue weighted by atomic mass is 16.4. The predicted octanol–water partition coefficient (Wildman–Crippen LogP) is 2.32. The van der Waals surface area contributed by atoms with Gasteiger partial charge in [-0.05, 0) is 31.1 Å². The first-order valence-corrected chi connectivity index (χ1v) is 7.69. The SMILES string of the molecule is CCCC1CC1NC(=O)N1CCC(C(=O)O)(C(C)C)C1. The molecule has 5 nitrogen and oxygen atoms in total. The van der Waals surface area contributed by atoms with Gasteiger partial charge in [-0.25, -0.2) is 4.79 Å². The minimum absolute atomic E-state index is 0.0339. The Morgan fingerprint density at radius 1 is 1.45 bits per heavy atom. The fourth-order valence-electron chi connectivity index (χ4n) is 3.26. The summed E-state index contributed by atoms with van der Waals surface area (Å²) in [5.41, 5.74) is -0.774. The van der Waals surface area contributed by atoms with Gasteiger partial charge in [0.05, 0.1) is 5.41 Å². The lowest BCUT2D eigenvalue weighted by atomic mass is 9.76. The molecule has 2 fully saturated rings. The lowest BCUT2D eigenvalue weighted by molar-refractivity contribution is -0.150. The van der Waals surface area contributed by atoms with E-state index >= 15 is 0 Å². The van der Waals surface area contributed by atoms with Gasteiger partial charge in [0.1, 0.15) is 0 Å². The molecule has 3 unspecified atom stereocenters. The van der Waals surface area contributed by atoms with Crippen LogP contribution >= 0.6 is 0 Å². The zero-order valence-corrected chi connectivity index (χ0v) is 12.7. The van der Waals surface area contributed by atoms with E-state index in [1.807, 2.05) is 13.8 Å². The minimum atomic E-state index is -0.780. The molecule has 5 heteroatoms. The van der Waals surface area contributed by atoms with E-state index in [1.54, 1.807) is 4.90 Å². The molecular formula is C15H26N2O3. The molecule has 1 saturated carbocycles. The van der Waals surface area contributed by atoms with Gasteiger partial charge in [-0.3, -0.25) is 4.79 Å². The van der Waals surface area contributed by atoms with E-state index in [2.05, 4.69) is 12.2 Å². The highest BCUT2D eigenvalue weighted by Gasteiger charge is 2.49. The fourth-order valence-corrected chi connectivity index (χ4v) is 3.26. The maximum atomic E-state index is 12.2. The smallest absolute Gasteiger partial charge is 0.317 e. The second kappa shape index (κ2) is 5.62. The summed E-state index contributed by atoms with van der Waals surface area (Å²) >= 11 is 0. The molecule has 1 aliphatic carbocycles. The Hall–Kier alpha value is -1.26. The quantitative estimate of drug-likeness (QED) is 0.813. The van der Waals surface area contributed by atoms with Crippen LogP contribution in [-0.2, 0) is 4.79 Å². The van der Waals surface area contributed by atoms with Gasteiger partial charge >= 0.3 is 12.0 Å². The van der Waals surface area contributed by atoms with Crippen LogP contribution in [0.1, 0.15) is 46.5 Å². The molecule has 0 radical (unpaired) electrons. The van der Waals surface area contributed by atoms with Crippen LogP contribution in [0, 0.1) is 17.3 Å². The first-order chi connectivity index (χ1) is 9.40. The maximum absolute atomic E-state index is 12.2. The first-order valence-electron chi connectivity index (χ1n) is 7.69. The number of amides is 2. The molecule has 2 rings (SSSR count). The Balaban J connectivity index is 1.89. The third kappa shape index (κ3) is 2.76. The molecule has 1 saturated heterocycles. The van der Waals surface area contributed by atoms with Crippen LogP contribution in [0.4, 0.5) is 4.79 Å². The summed E-state index contributed by atoms with van der Waals surface area (Å²) < 4.78 is 0. The molecule has 0 aromatic carbocycles. The summed E-state index contributed by atoms with van der Waals surface area (Å²) in [5.74, 6) is -0.120. The van der Waals surface area contributed by atoms with Gasteiger partial charge in [0.25, 0.3) is 0 Å². The van der Waals surface area contributed by atoms with Gasteiger partial charge in [-0.1, -0.05) is 27.2 Å². The largest absolute Gasteiger partial charge is 0.481 e. The van der Waals surface area contributed by atoms with E-state index in [-0.39, 0.29) is 11.9 Å². The summed E-state index contributed by atoms with van der Waals surface area (Å²) in [4.78, 5) is 25.4. The summed E-state index contributed by atoms with van der Waals surface area (Å²) in [5, 5.41) is 12.5. The summed E-state index contributed by atoms with van der Waals surface area (Å²) in [6.45, 7) is 6.88. The molecule has 0 aromatic heterocycles. The number of urea groups is 1. The molecule has 2 N–H and O–H groups in total. The van der Waals surface area contributed by atoms with Gasteiger partial charge in [-0.15, -0.1) is 0 Å². The highest BCUT2D eigenvalue weighted by molar-refractivity contribution is 5.80. The molecular weight excluding hydrogens is 256 g/mol.